The van der Waals surface area contributed by atoms with E-state index < -0.39 is 0 Å². The summed E-state index contributed by atoms with van der Waals surface area (Å²) < 4.78 is 10.9. The lowest BCUT2D eigenvalue weighted by Gasteiger charge is -2.12. The fourth-order valence-corrected chi connectivity index (χ4v) is 4.43. The number of benzene rings is 2. The zero-order valence-electron chi connectivity index (χ0n) is 17.4. The van der Waals surface area contributed by atoms with E-state index in [1.807, 2.05) is 31.2 Å². The molecule has 0 aliphatic heterocycles. The van der Waals surface area contributed by atoms with E-state index in [2.05, 4.69) is 40.4 Å². The highest BCUT2D eigenvalue weighted by Crippen LogP contribution is 2.35. The molecule has 7 heteroatoms. The molecule has 0 bridgehead atoms. The Morgan fingerprint density at radius 2 is 1.73 bits per heavy atom. The van der Waals surface area contributed by atoms with Crippen LogP contribution in [-0.4, -0.2) is 24.2 Å². The molecule has 0 atom stereocenters. The summed E-state index contributed by atoms with van der Waals surface area (Å²) in [6.45, 7) is 4.64. The van der Waals surface area contributed by atoms with Gasteiger partial charge in [0.15, 0.2) is 11.5 Å². The van der Waals surface area contributed by atoms with Crippen LogP contribution in [0.4, 0.5) is 11.5 Å². The average Bonchev–Trinajstić information content (AvgIpc) is 3.21. The van der Waals surface area contributed by atoms with Gasteiger partial charge >= 0.3 is 0 Å². The second-order valence-corrected chi connectivity index (χ2v) is 8.21. The van der Waals surface area contributed by atoms with Crippen molar-refractivity contribution in [2.45, 2.75) is 20.4 Å². The first-order chi connectivity index (χ1) is 14.5. The Labute approximate surface area is 179 Å². The van der Waals surface area contributed by atoms with Gasteiger partial charge in [0, 0.05) is 26.9 Å². The van der Waals surface area contributed by atoms with Crippen LogP contribution in [-0.2, 0) is 6.54 Å². The molecule has 3 N–H and O–H groups in total. The quantitative estimate of drug-likeness (QED) is 0.418. The zero-order valence-corrected chi connectivity index (χ0v) is 18.3. The number of nitrogen functional groups attached to an aromatic ring is 1. The predicted molar refractivity (Wildman–Crippen MR) is 124 cm³/mol. The molecule has 154 valence electrons. The summed E-state index contributed by atoms with van der Waals surface area (Å²) >= 11 is 1.75. The van der Waals surface area contributed by atoms with E-state index in [1.165, 1.54) is 20.9 Å². The minimum absolute atomic E-state index is 0.648. The summed E-state index contributed by atoms with van der Waals surface area (Å²) in [5, 5.41) is 4.35. The Kier molecular flexibility index (Phi) is 5.46. The van der Waals surface area contributed by atoms with Crippen molar-refractivity contribution in [2.24, 2.45) is 0 Å². The number of ether oxygens (including phenoxy) is 2. The maximum Gasteiger partial charge on any atom is 0.162 e. The number of anilines is 2. The molecule has 30 heavy (non-hydrogen) atoms. The van der Waals surface area contributed by atoms with Crippen LogP contribution in [0.3, 0.4) is 0 Å². The van der Waals surface area contributed by atoms with E-state index in [0.29, 0.717) is 23.9 Å². The van der Waals surface area contributed by atoms with E-state index in [4.69, 9.17) is 15.2 Å². The Morgan fingerprint density at radius 3 is 2.50 bits per heavy atom. The minimum Gasteiger partial charge on any atom is -0.493 e. The van der Waals surface area contributed by atoms with Gasteiger partial charge in [0.2, 0.25) is 0 Å². The molecular weight excluding hydrogens is 396 g/mol. The maximum absolute atomic E-state index is 5.98. The number of nitrogens with two attached hydrogens (primary N) is 1. The average molecular weight is 421 g/mol. The SMILES string of the molecule is COc1cc2nc(C)nc(NCc3ccc(-c4cc(N)ccc4C)s3)c2cc1OC. The highest BCUT2D eigenvalue weighted by molar-refractivity contribution is 7.15. The molecule has 0 aliphatic rings. The van der Waals surface area contributed by atoms with Crippen molar-refractivity contribution in [3.8, 4) is 21.9 Å². The molecule has 0 radical (unpaired) electrons. The van der Waals surface area contributed by atoms with Gasteiger partial charge in [0.05, 0.1) is 26.3 Å². The van der Waals surface area contributed by atoms with Gasteiger partial charge in [-0.15, -0.1) is 11.3 Å². The maximum atomic E-state index is 5.98. The van der Waals surface area contributed by atoms with Crippen molar-refractivity contribution in [3.63, 3.8) is 0 Å². The highest BCUT2D eigenvalue weighted by Gasteiger charge is 2.13. The van der Waals surface area contributed by atoms with Gasteiger partial charge in [0.25, 0.3) is 0 Å². The molecule has 0 amide bonds. The van der Waals surface area contributed by atoms with Crippen LogP contribution >= 0.6 is 11.3 Å². The monoisotopic (exact) mass is 420 g/mol. The fourth-order valence-electron chi connectivity index (χ4n) is 3.40. The molecule has 0 saturated heterocycles. The number of fused-ring (bicyclic) bond motifs is 1. The van der Waals surface area contributed by atoms with Gasteiger partial charge in [-0.05, 0) is 55.3 Å². The molecule has 6 nitrogen and oxygen atoms in total. The third-order valence-electron chi connectivity index (χ3n) is 4.93. The molecule has 4 rings (SSSR count). The number of thiophene rings is 1. The van der Waals surface area contributed by atoms with Crippen LogP contribution in [0.25, 0.3) is 21.3 Å². The van der Waals surface area contributed by atoms with Crippen LogP contribution in [0.15, 0.2) is 42.5 Å². The van der Waals surface area contributed by atoms with E-state index in [0.717, 1.165) is 22.4 Å². The second-order valence-electron chi connectivity index (χ2n) is 7.04. The van der Waals surface area contributed by atoms with E-state index >= 15 is 0 Å². The molecule has 0 aliphatic carbocycles. The number of aromatic nitrogens is 2. The van der Waals surface area contributed by atoms with Crippen LogP contribution in [0.2, 0.25) is 0 Å². The molecule has 4 aromatic rings. The first kappa shape index (κ1) is 20.0. The number of nitrogens with one attached hydrogen (secondary N) is 1. The number of methoxy groups -OCH3 is 2. The van der Waals surface area contributed by atoms with Crippen LogP contribution in [0.5, 0.6) is 11.5 Å². The molecule has 2 heterocycles. The van der Waals surface area contributed by atoms with Crippen molar-refractivity contribution in [3.05, 3.63) is 58.7 Å². The number of hydrogen-bond donors (Lipinski definition) is 2. The Bertz CT molecular complexity index is 1220. The van der Waals surface area contributed by atoms with Gasteiger partial charge < -0.3 is 20.5 Å². The Morgan fingerprint density at radius 1 is 0.967 bits per heavy atom. The summed E-state index contributed by atoms with van der Waals surface area (Å²) in [5.74, 6) is 2.76. The number of aryl methyl sites for hydroxylation is 2. The third kappa shape index (κ3) is 3.89. The van der Waals surface area contributed by atoms with E-state index in [1.54, 1.807) is 25.6 Å². The second kappa shape index (κ2) is 8.20. The fraction of sp³-hybridized carbons (Fsp3) is 0.217. The van der Waals surface area contributed by atoms with Crippen LogP contribution in [0.1, 0.15) is 16.3 Å². The number of rotatable bonds is 6. The summed E-state index contributed by atoms with van der Waals surface area (Å²) in [6, 6.07) is 14.1. The summed E-state index contributed by atoms with van der Waals surface area (Å²) in [5.41, 5.74) is 9.95. The smallest absolute Gasteiger partial charge is 0.162 e. The first-order valence-electron chi connectivity index (χ1n) is 9.58. The van der Waals surface area contributed by atoms with Crippen molar-refractivity contribution in [1.82, 2.24) is 9.97 Å². The molecule has 0 saturated carbocycles. The van der Waals surface area contributed by atoms with Crippen molar-refractivity contribution in [1.29, 1.82) is 0 Å². The largest absolute Gasteiger partial charge is 0.493 e. The molecule has 2 aromatic carbocycles. The summed E-state index contributed by atoms with van der Waals surface area (Å²) in [4.78, 5) is 11.6. The van der Waals surface area contributed by atoms with Crippen molar-refractivity contribution < 1.29 is 9.47 Å². The van der Waals surface area contributed by atoms with Gasteiger partial charge in [-0.1, -0.05) is 6.07 Å². The lowest BCUT2D eigenvalue weighted by molar-refractivity contribution is 0.356. The highest BCUT2D eigenvalue weighted by atomic mass is 32.1. The zero-order chi connectivity index (χ0) is 21.3. The molecule has 2 aromatic heterocycles. The van der Waals surface area contributed by atoms with Gasteiger partial charge in [-0.3, -0.25) is 0 Å². The standard InChI is InChI=1S/C23H24N4O2S/c1-13-5-6-15(24)9-17(13)22-8-7-16(30-22)12-25-23-18-10-20(28-3)21(29-4)11-19(18)26-14(2)27-23/h5-11H,12,24H2,1-4H3,(H,25,26,27). The molecule has 0 spiro atoms. The topological polar surface area (TPSA) is 82.3 Å². The third-order valence-corrected chi connectivity index (χ3v) is 6.05. The van der Waals surface area contributed by atoms with Crippen molar-refractivity contribution >= 4 is 33.7 Å². The van der Waals surface area contributed by atoms with Gasteiger partial charge in [-0.25, -0.2) is 9.97 Å². The molecular formula is C23H24N4O2S. The minimum atomic E-state index is 0.648. The molecule has 0 fully saturated rings. The number of nitrogens with zero attached hydrogens (tertiary/aromatic N) is 2. The normalized spacial score (nSPS) is 10.9. The van der Waals surface area contributed by atoms with Crippen molar-refractivity contribution in [2.75, 3.05) is 25.3 Å². The summed E-state index contributed by atoms with van der Waals surface area (Å²) in [7, 11) is 3.24. The van der Waals surface area contributed by atoms with E-state index in [9.17, 15) is 0 Å². The predicted octanol–water partition coefficient (Wildman–Crippen LogP) is 5.19. The van der Waals surface area contributed by atoms with Gasteiger partial charge in [-0.2, -0.15) is 0 Å². The van der Waals surface area contributed by atoms with Gasteiger partial charge in [0.1, 0.15) is 11.6 Å². The summed E-state index contributed by atoms with van der Waals surface area (Å²) in [6.07, 6.45) is 0. The molecule has 0 unspecified atom stereocenters. The Balaban J connectivity index is 1.62. The lowest BCUT2D eigenvalue weighted by atomic mass is 10.1. The Hall–Kier alpha value is -3.32. The first-order valence-corrected chi connectivity index (χ1v) is 10.4. The lowest BCUT2D eigenvalue weighted by Crippen LogP contribution is -2.04. The van der Waals surface area contributed by atoms with Crippen LogP contribution in [0, 0.1) is 13.8 Å². The van der Waals surface area contributed by atoms with E-state index in [-0.39, 0.29) is 0 Å². The number of hydrogen-bond acceptors (Lipinski definition) is 7. The van der Waals surface area contributed by atoms with Crippen LogP contribution < -0.4 is 20.5 Å².